The van der Waals surface area contributed by atoms with Crippen LogP contribution in [0.2, 0.25) is 0 Å². The average Bonchev–Trinajstić information content (AvgIpc) is 2.63. The number of nitrogens with one attached hydrogen (secondary N) is 3. The van der Waals surface area contributed by atoms with Gasteiger partial charge in [0.05, 0.1) is 6.20 Å². The van der Waals surface area contributed by atoms with Gasteiger partial charge in [-0.25, -0.2) is 4.98 Å². The van der Waals surface area contributed by atoms with Gasteiger partial charge < -0.3 is 5.32 Å². The van der Waals surface area contributed by atoms with E-state index >= 15 is 0 Å². The van der Waals surface area contributed by atoms with Crippen LogP contribution in [0.5, 0.6) is 0 Å². The predicted molar refractivity (Wildman–Crippen MR) is 54.6 cm³/mol. The quantitative estimate of drug-likeness (QED) is 0.631. The van der Waals surface area contributed by atoms with Crippen molar-refractivity contribution in [2.45, 2.75) is 13.0 Å². The van der Waals surface area contributed by atoms with E-state index in [0.717, 1.165) is 18.9 Å². The van der Waals surface area contributed by atoms with E-state index in [1.807, 2.05) is 0 Å². The topological polar surface area (TPSA) is 61.9 Å². The number of aromatic nitrogens is 2. The minimum absolute atomic E-state index is 0.499. The van der Waals surface area contributed by atoms with Crippen LogP contribution in [0, 0.1) is 5.92 Å². The molecule has 0 radical (unpaired) electrons. The fourth-order valence-electron chi connectivity index (χ4n) is 1.52. The number of hydrazine groups is 1. The smallest absolute Gasteiger partial charge is 0.144 e. The van der Waals surface area contributed by atoms with Gasteiger partial charge in [-0.1, -0.05) is 0 Å². The van der Waals surface area contributed by atoms with E-state index in [1.54, 1.807) is 18.6 Å². The zero-order valence-corrected chi connectivity index (χ0v) is 8.20. The van der Waals surface area contributed by atoms with Gasteiger partial charge >= 0.3 is 0 Å². The molecular formula is C9H15N5. The molecule has 14 heavy (non-hydrogen) atoms. The summed E-state index contributed by atoms with van der Waals surface area (Å²) in [5, 5.41) is 3.26. The van der Waals surface area contributed by atoms with Gasteiger partial charge in [0.15, 0.2) is 0 Å². The van der Waals surface area contributed by atoms with Crippen molar-refractivity contribution in [1.29, 1.82) is 0 Å². The molecule has 0 aliphatic carbocycles. The standard InChI is InChI=1S/C9H15N5/c1-7-8(5-13-14-7)4-12-9-6-10-2-3-11-9/h2-3,6-8,13-14H,4-5H2,1H3,(H,11,12). The first-order chi connectivity index (χ1) is 6.86. The Hall–Kier alpha value is -1.20. The maximum atomic E-state index is 4.15. The average molecular weight is 193 g/mol. The predicted octanol–water partition coefficient (Wildman–Crippen LogP) is 0.001000. The van der Waals surface area contributed by atoms with Crippen molar-refractivity contribution in [1.82, 2.24) is 20.8 Å². The second-order valence-corrected chi connectivity index (χ2v) is 3.55. The number of hydrogen-bond donors (Lipinski definition) is 3. The molecule has 1 aromatic heterocycles. The van der Waals surface area contributed by atoms with Crippen molar-refractivity contribution in [2.24, 2.45) is 5.92 Å². The number of hydrogen-bond acceptors (Lipinski definition) is 5. The minimum Gasteiger partial charge on any atom is -0.368 e. The monoisotopic (exact) mass is 193 g/mol. The third kappa shape index (κ3) is 2.18. The highest BCUT2D eigenvalue weighted by Crippen LogP contribution is 2.08. The summed E-state index contributed by atoms with van der Waals surface area (Å²) in [7, 11) is 0. The zero-order valence-electron chi connectivity index (χ0n) is 8.20. The summed E-state index contributed by atoms with van der Waals surface area (Å²) in [6, 6.07) is 0.499. The Morgan fingerprint density at radius 3 is 3.14 bits per heavy atom. The fourth-order valence-corrected chi connectivity index (χ4v) is 1.52. The number of rotatable bonds is 3. The molecule has 2 heterocycles. The maximum Gasteiger partial charge on any atom is 0.144 e. The van der Waals surface area contributed by atoms with Gasteiger partial charge in [0, 0.05) is 37.4 Å². The van der Waals surface area contributed by atoms with Crippen LogP contribution in [-0.4, -0.2) is 29.1 Å². The van der Waals surface area contributed by atoms with Crippen LogP contribution in [0.4, 0.5) is 5.82 Å². The molecule has 0 aromatic carbocycles. The second-order valence-electron chi connectivity index (χ2n) is 3.55. The molecule has 1 fully saturated rings. The van der Waals surface area contributed by atoms with Crippen LogP contribution >= 0.6 is 0 Å². The Morgan fingerprint density at radius 1 is 1.57 bits per heavy atom. The summed E-state index contributed by atoms with van der Waals surface area (Å²) in [4.78, 5) is 8.14. The van der Waals surface area contributed by atoms with E-state index in [2.05, 4.69) is 33.1 Å². The Balaban J connectivity index is 1.82. The highest BCUT2D eigenvalue weighted by atomic mass is 15.4. The number of nitrogens with zero attached hydrogens (tertiary/aromatic N) is 2. The highest BCUT2D eigenvalue weighted by molar-refractivity contribution is 5.29. The lowest BCUT2D eigenvalue weighted by atomic mass is 10.0. The van der Waals surface area contributed by atoms with Crippen molar-refractivity contribution in [3.63, 3.8) is 0 Å². The fraction of sp³-hybridized carbons (Fsp3) is 0.556. The summed E-state index contributed by atoms with van der Waals surface area (Å²) >= 11 is 0. The molecule has 3 N–H and O–H groups in total. The van der Waals surface area contributed by atoms with Crippen LogP contribution in [0.15, 0.2) is 18.6 Å². The van der Waals surface area contributed by atoms with Crippen LogP contribution in [0.3, 0.4) is 0 Å². The Bertz CT molecular complexity index is 276. The third-order valence-corrected chi connectivity index (χ3v) is 2.51. The summed E-state index contributed by atoms with van der Waals surface area (Å²) in [6.07, 6.45) is 5.10. The number of anilines is 1. The van der Waals surface area contributed by atoms with Crippen molar-refractivity contribution >= 4 is 5.82 Å². The van der Waals surface area contributed by atoms with Gasteiger partial charge in [0.2, 0.25) is 0 Å². The molecule has 5 heteroatoms. The lowest BCUT2D eigenvalue weighted by Crippen LogP contribution is -2.30. The molecule has 5 nitrogen and oxygen atoms in total. The second kappa shape index (κ2) is 4.34. The molecule has 1 saturated heterocycles. The SMILES string of the molecule is CC1NNCC1CNc1cnccn1. The summed E-state index contributed by atoms with van der Waals surface area (Å²) in [5.74, 6) is 1.43. The molecule has 76 valence electrons. The molecule has 2 rings (SSSR count). The van der Waals surface area contributed by atoms with E-state index in [4.69, 9.17) is 0 Å². The third-order valence-electron chi connectivity index (χ3n) is 2.51. The van der Waals surface area contributed by atoms with Crippen molar-refractivity contribution in [3.8, 4) is 0 Å². The first kappa shape index (κ1) is 9.36. The Kier molecular flexibility index (Phi) is 2.90. The van der Waals surface area contributed by atoms with Crippen LogP contribution in [-0.2, 0) is 0 Å². The molecule has 0 amide bonds. The van der Waals surface area contributed by atoms with E-state index in [0.29, 0.717) is 12.0 Å². The lowest BCUT2D eigenvalue weighted by molar-refractivity contribution is 0.508. The van der Waals surface area contributed by atoms with Gasteiger partial charge in [-0.2, -0.15) is 0 Å². The maximum absolute atomic E-state index is 4.15. The van der Waals surface area contributed by atoms with E-state index < -0.39 is 0 Å². The van der Waals surface area contributed by atoms with E-state index in [-0.39, 0.29) is 0 Å². The molecule has 0 saturated carbocycles. The first-order valence-corrected chi connectivity index (χ1v) is 4.84. The van der Waals surface area contributed by atoms with Crippen molar-refractivity contribution in [3.05, 3.63) is 18.6 Å². The molecule has 1 aliphatic rings. The zero-order chi connectivity index (χ0) is 9.80. The van der Waals surface area contributed by atoms with Crippen molar-refractivity contribution in [2.75, 3.05) is 18.4 Å². The van der Waals surface area contributed by atoms with E-state index in [1.165, 1.54) is 0 Å². The Labute approximate surface area is 83.3 Å². The minimum atomic E-state index is 0.499. The normalized spacial score (nSPS) is 26.4. The van der Waals surface area contributed by atoms with Crippen molar-refractivity contribution < 1.29 is 0 Å². The van der Waals surface area contributed by atoms with Crippen LogP contribution in [0.25, 0.3) is 0 Å². The molecule has 1 aliphatic heterocycles. The summed E-state index contributed by atoms with van der Waals surface area (Å²) in [6.45, 7) is 4.08. The van der Waals surface area contributed by atoms with Crippen LogP contribution in [0.1, 0.15) is 6.92 Å². The molecule has 1 aromatic rings. The highest BCUT2D eigenvalue weighted by Gasteiger charge is 2.21. The van der Waals surface area contributed by atoms with Gasteiger partial charge in [0.25, 0.3) is 0 Å². The first-order valence-electron chi connectivity index (χ1n) is 4.84. The molecule has 0 bridgehead atoms. The van der Waals surface area contributed by atoms with Gasteiger partial charge in [-0.3, -0.25) is 15.8 Å². The van der Waals surface area contributed by atoms with Crippen LogP contribution < -0.4 is 16.2 Å². The molecule has 2 atom stereocenters. The van der Waals surface area contributed by atoms with Gasteiger partial charge in [-0.15, -0.1) is 0 Å². The van der Waals surface area contributed by atoms with Gasteiger partial charge in [-0.05, 0) is 6.92 Å². The molecule has 0 spiro atoms. The largest absolute Gasteiger partial charge is 0.368 e. The lowest BCUT2D eigenvalue weighted by Gasteiger charge is -2.14. The molecular weight excluding hydrogens is 178 g/mol. The van der Waals surface area contributed by atoms with E-state index in [9.17, 15) is 0 Å². The molecule has 2 unspecified atom stereocenters. The van der Waals surface area contributed by atoms with Gasteiger partial charge in [0.1, 0.15) is 5.82 Å². The Morgan fingerprint density at radius 2 is 2.50 bits per heavy atom. The summed E-state index contributed by atoms with van der Waals surface area (Å²) in [5.41, 5.74) is 6.31. The summed E-state index contributed by atoms with van der Waals surface area (Å²) < 4.78 is 0.